The van der Waals surface area contributed by atoms with E-state index in [4.69, 9.17) is 4.74 Å². The van der Waals surface area contributed by atoms with E-state index in [1.165, 1.54) is 5.56 Å². The third kappa shape index (κ3) is 4.52. The van der Waals surface area contributed by atoms with E-state index < -0.39 is 0 Å². The fourth-order valence-electron chi connectivity index (χ4n) is 2.64. The van der Waals surface area contributed by atoms with Crippen molar-refractivity contribution in [1.82, 2.24) is 0 Å². The van der Waals surface area contributed by atoms with E-state index in [2.05, 4.69) is 28.1 Å². The number of rotatable bonds is 6. The lowest BCUT2D eigenvalue weighted by molar-refractivity contribution is 0.0993. The lowest BCUT2D eigenvalue weighted by Gasteiger charge is -2.18. The Morgan fingerprint density at radius 2 is 1.62 bits per heavy atom. The van der Waals surface area contributed by atoms with Gasteiger partial charge in [0.25, 0.3) is 5.91 Å². The van der Waals surface area contributed by atoms with Crippen LogP contribution in [0, 0.1) is 0 Å². The highest BCUT2D eigenvalue weighted by atomic mass is 79.9. The summed E-state index contributed by atoms with van der Waals surface area (Å²) in [7, 11) is 1.77. The monoisotopic (exact) mass is 409 g/mol. The van der Waals surface area contributed by atoms with Gasteiger partial charge in [-0.25, -0.2) is 0 Å². The average Bonchev–Trinajstić information content (AvgIpc) is 2.69. The van der Waals surface area contributed by atoms with E-state index in [0.717, 1.165) is 22.3 Å². The zero-order valence-electron chi connectivity index (χ0n) is 14.6. The van der Waals surface area contributed by atoms with Crippen LogP contribution in [-0.4, -0.2) is 19.6 Å². The minimum absolute atomic E-state index is 0.0623. The van der Waals surface area contributed by atoms with Crippen LogP contribution >= 0.6 is 15.9 Å². The molecule has 0 unspecified atom stereocenters. The van der Waals surface area contributed by atoms with Crippen LogP contribution in [0.4, 0.5) is 5.69 Å². The first kappa shape index (κ1) is 18.2. The summed E-state index contributed by atoms with van der Waals surface area (Å²) >= 11 is 3.51. The first-order chi connectivity index (χ1) is 12.6. The smallest absolute Gasteiger partial charge is 0.258 e. The quantitative estimate of drug-likeness (QED) is 0.549. The number of amides is 1. The molecule has 0 aliphatic rings. The molecular weight excluding hydrogens is 390 g/mol. The molecule has 3 aromatic carbocycles. The van der Waals surface area contributed by atoms with Gasteiger partial charge in [0.05, 0.1) is 11.1 Å². The summed E-state index contributed by atoms with van der Waals surface area (Å²) in [6.45, 7) is 0.583. The zero-order valence-corrected chi connectivity index (χ0v) is 16.1. The number of halogens is 1. The van der Waals surface area contributed by atoms with Gasteiger partial charge >= 0.3 is 0 Å². The molecule has 26 heavy (non-hydrogen) atoms. The Kier molecular flexibility index (Phi) is 6.08. The lowest BCUT2D eigenvalue weighted by Crippen LogP contribution is -2.26. The first-order valence-corrected chi connectivity index (χ1v) is 9.24. The fourth-order valence-corrected chi connectivity index (χ4v) is 3.13. The van der Waals surface area contributed by atoms with Crippen molar-refractivity contribution < 1.29 is 9.53 Å². The molecule has 0 aromatic heterocycles. The summed E-state index contributed by atoms with van der Waals surface area (Å²) in [5, 5.41) is 0. The largest absolute Gasteiger partial charge is 0.492 e. The number of ether oxygens (including phenoxy) is 1. The highest BCUT2D eigenvalue weighted by molar-refractivity contribution is 9.10. The molecule has 1 amide bonds. The summed E-state index contributed by atoms with van der Waals surface area (Å²) in [5.74, 6) is 0.674. The molecule has 3 nitrogen and oxygen atoms in total. The van der Waals surface area contributed by atoms with E-state index in [0.29, 0.717) is 12.2 Å². The first-order valence-electron chi connectivity index (χ1n) is 8.44. The van der Waals surface area contributed by atoms with Gasteiger partial charge in [-0.05, 0) is 51.8 Å². The Bertz CT molecular complexity index is 866. The Hall–Kier alpha value is -2.59. The molecule has 0 aliphatic carbocycles. The summed E-state index contributed by atoms with van der Waals surface area (Å²) in [4.78, 5) is 14.3. The van der Waals surface area contributed by atoms with Crippen molar-refractivity contribution in [2.45, 2.75) is 6.42 Å². The molecule has 0 heterocycles. The van der Waals surface area contributed by atoms with Gasteiger partial charge in [-0.15, -0.1) is 0 Å². The van der Waals surface area contributed by atoms with Crippen LogP contribution in [0.5, 0.6) is 5.75 Å². The van der Waals surface area contributed by atoms with Crippen molar-refractivity contribution in [3.05, 3.63) is 94.5 Å². The summed E-state index contributed by atoms with van der Waals surface area (Å²) < 4.78 is 6.62. The molecule has 0 N–H and O–H groups in total. The molecule has 132 valence electrons. The second-order valence-electron chi connectivity index (χ2n) is 5.93. The average molecular weight is 410 g/mol. The van der Waals surface area contributed by atoms with Gasteiger partial charge in [0.15, 0.2) is 0 Å². The van der Waals surface area contributed by atoms with Crippen LogP contribution < -0.4 is 9.64 Å². The predicted octanol–water partition coefficient (Wildman–Crippen LogP) is 5.35. The molecule has 0 saturated heterocycles. The number of carbonyl (C=O) groups is 1. The number of carbonyl (C=O) groups excluding carboxylic acids is 1. The molecule has 0 fully saturated rings. The van der Waals surface area contributed by atoms with Gasteiger partial charge in [0.1, 0.15) is 5.75 Å². The predicted molar refractivity (Wildman–Crippen MR) is 109 cm³/mol. The number of benzene rings is 3. The third-order valence-corrected chi connectivity index (χ3v) is 4.74. The molecule has 0 aliphatic heterocycles. The summed E-state index contributed by atoms with van der Waals surface area (Å²) in [6.07, 6.45) is 0.838. The number of anilines is 1. The minimum Gasteiger partial charge on any atom is -0.492 e. The second kappa shape index (κ2) is 8.68. The topological polar surface area (TPSA) is 29.5 Å². The Morgan fingerprint density at radius 1 is 0.962 bits per heavy atom. The van der Waals surface area contributed by atoms with Crippen LogP contribution in [0.3, 0.4) is 0 Å². The van der Waals surface area contributed by atoms with Crippen molar-refractivity contribution in [1.29, 1.82) is 0 Å². The van der Waals surface area contributed by atoms with Crippen LogP contribution in [-0.2, 0) is 6.42 Å². The number of hydrogen-bond donors (Lipinski definition) is 0. The Labute approximate surface area is 162 Å². The normalized spacial score (nSPS) is 10.4. The van der Waals surface area contributed by atoms with Gasteiger partial charge in [0.2, 0.25) is 0 Å². The van der Waals surface area contributed by atoms with Crippen molar-refractivity contribution in [3.63, 3.8) is 0 Å². The minimum atomic E-state index is -0.0623. The maximum absolute atomic E-state index is 12.7. The number of hydrogen-bond acceptors (Lipinski definition) is 2. The molecule has 3 aromatic rings. The summed E-state index contributed by atoms with van der Waals surface area (Å²) in [5.41, 5.74) is 2.70. The maximum atomic E-state index is 12.7. The number of nitrogens with zero attached hydrogens (tertiary/aromatic N) is 1. The molecule has 0 atom stereocenters. The van der Waals surface area contributed by atoms with E-state index in [9.17, 15) is 4.79 Å². The standard InChI is InChI=1S/C22H20BrNO2/c1-24(19-10-6-3-7-11-19)22(25)18-12-13-21(20(23)16-18)26-15-14-17-8-4-2-5-9-17/h2-13,16H,14-15H2,1H3. The van der Waals surface area contributed by atoms with E-state index in [1.54, 1.807) is 24.1 Å². The van der Waals surface area contributed by atoms with Crippen LogP contribution in [0.1, 0.15) is 15.9 Å². The SMILES string of the molecule is CN(C(=O)c1ccc(OCCc2ccccc2)c(Br)c1)c1ccccc1. The van der Waals surface area contributed by atoms with Gasteiger partial charge in [0, 0.05) is 24.7 Å². The molecule has 0 bridgehead atoms. The van der Waals surface area contributed by atoms with Gasteiger partial charge in [-0.3, -0.25) is 4.79 Å². The van der Waals surface area contributed by atoms with Crippen LogP contribution in [0.2, 0.25) is 0 Å². The fraction of sp³-hybridized carbons (Fsp3) is 0.136. The van der Waals surface area contributed by atoms with Crippen molar-refractivity contribution in [2.75, 3.05) is 18.6 Å². The number of para-hydroxylation sites is 1. The molecule has 3 rings (SSSR count). The van der Waals surface area contributed by atoms with Gasteiger partial charge in [-0.1, -0.05) is 48.5 Å². The van der Waals surface area contributed by atoms with E-state index >= 15 is 0 Å². The molecule has 0 radical (unpaired) electrons. The zero-order chi connectivity index (χ0) is 18.4. The Morgan fingerprint density at radius 3 is 2.27 bits per heavy atom. The van der Waals surface area contributed by atoms with Crippen LogP contribution in [0.25, 0.3) is 0 Å². The van der Waals surface area contributed by atoms with Crippen LogP contribution in [0.15, 0.2) is 83.3 Å². The maximum Gasteiger partial charge on any atom is 0.258 e. The van der Waals surface area contributed by atoms with Gasteiger partial charge in [-0.2, -0.15) is 0 Å². The van der Waals surface area contributed by atoms with E-state index in [1.807, 2.05) is 54.6 Å². The molecular formula is C22H20BrNO2. The second-order valence-corrected chi connectivity index (χ2v) is 6.78. The highest BCUT2D eigenvalue weighted by Crippen LogP contribution is 2.27. The van der Waals surface area contributed by atoms with Crippen molar-refractivity contribution in [2.24, 2.45) is 0 Å². The third-order valence-electron chi connectivity index (χ3n) is 4.12. The lowest BCUT2D eigenvalue weighted by atomic mass is 10.1. The highest BCUT2D eigenvalue weighted by Gasteiger charge is 2.15. The van der Waals surface area contributed by atoms with Crippen molar-refractivity contribution >= 4 is 27.5 Å². The van der Waals surface area contributed by atoms with Gasteiger partial charge < -0.3 is 9.64 Å². The molecule has 4 heteroatoms. The summed E-state index contributed by atoms with van der Waals surface area (Å²) in [6, 6.07) is 25.2. The van der Waals surface area contributed by atoms with Crippen molar-refractivity contribution in [3.8, 4) is 5.75 Å². The Balaban J connectivity index is 1.64. The van der Waals surface area contributed by atoms with E-state index in [-0.39, 0.29) is 5.91 Å². The molecule has 0 saturated carbocycles. The molecule has 0 spiro atoms.